The topological polar surface area (TPSA) is 45.5 Å². The number of carbonyl (C=O) groups excluding carboxylic acids is 1. The SMILES string of the molecule is O=C1NC2(CCN(Cc3cc4ccccc4o3)CC2)CC1c1ccccc1. The van der Waals surface area contributed by atoms with Gasteiger partial charge in [-0.3, -0.25) is 9.69 Å². The van der Waals surface area contributed by atoms with Gasteiger partial charge in [-0.25, -0.2) is 0 Å². The summed E-state index contributed by atoms with van der Waals surface area (Å²) in [4.78, 5) is 15.0. The van der Waals surface area contributed by atoms with Crippen LogP contribution in [0.15, 0.2) is 65.1 Å². The summed E-state index contributed by atoms with van der Waals surface area (Å²) in [6.45, 7) is 2.80. The van der Waals surface area contributed by atoms with Gasteiger partial charge in [0.1, 0.15) is 11.3 Å². The molecule has 2 aromatic carbocycles. The Kier molecular flexibility index (Phi) is 4.01. The summed E-state index contributed by atoms with van der Waals surface area (Å²) in [5.41, 5.74) is 2.05. The fourth-order valence-corrected chi connectivity index (χ4v) is 4.64. The zero-order valence-electron chi connectivity index (χ0n) is 15.4. The fraction of sp³-hybridized carbons (Fsp3) is 0.348. The lowest BCUT2D eigenvalue weighted by atomic mass is 9.82. The van der Waals surface area contributed by atoms with Gasteiger partial charge < -0.3 is 9.73 Å². The van der Waals surface area contributed by atoms with E-state index in [0.717, 1.165) is 61.2 Å². The van der Waals surface area contributed by atoms with E-state index in [-0.39, 0.29) is 17.4 Å². The van der Waals surface area contributed by atoms with Crippen LogP contribution in [0.1, 0.15) is 36.5 Å². The van der Waals surface area contributed by atoms with Gasteiger partial charge >= 0.3 is 0 Å². The van der Waals surface area contributed by atoms with Crippen LogP contribution in [0.5, 0.6) is 0 Å². The Hall–Kier alpha value is -2.59. The summed E-state index contributed by atoms with van der Waals surface area (Å²) in [6.07, 6.45) is 2.92. The van der Waals surface area contributed by atoms with Crippen LogP contribution in [0.25, 0.3) is 11.0 Å². The van der Waals surface area contributed by atoms with E-state index < -0.39 is 0 Å². The van der Waals surface area contributed by atoms with Crippen molar-refractivity contribution in [3.63, 3.8) is 0 Å². The molecule has 2 fully saturated rings. The third-order valence-electron chi connectivity index (χ3n) is 6.17. The smallest absolute Gasteiger partial charge is 0.228 e. The third kappa shape index (κ3) is 3.15. The maximum absolute atomic E-state index is 12.6. The number of para-hydroxylation sites is 1. The molecule has 1 unspecified atom stereocenters. The summed E-state index contributed by atoms with van der Waals surface area (Å²) in [5, 5.41) is 4.50. The molecule has 4 nitrogen and oxygen atoms in total. The second-order valence-electron chi connectivity index (χ2n) is 7.96. The van der Waals surface area contributed by atoms with E-state index in [9.17, 15) is 4.79 Å². The first kappa shape index (κ1) is 16.6. The Bertz CT molecular complexity index is 922. The lowest BCUT2D eigenvalue weighted by Gasteiger charge is -2.39. The maximum atomic E-state index is 12.6. The molecule has 1 spiro atoms. The first-order valence-corrected chi connectivity index (χ1v) is 9.78. The van der Waals surface area contributed by atoms with Crippen LogP contribution in [-0.2, 0) is 11.3 Å². The minimum Gasteiger partial charge on any atom is -0.460 e. The predicted molar refractivity (Wildman–Crippen MR) is 105 cm³/mol. The summed E-state index contributed by atoms with van der Waals surface area (Å²) < 4.78 is 5.97. The lowest BCUT2D eigenvalue weighted by molar-refractivity contribution is -0.121. The van der Waals surface area contributed by atoms with Crippen LogP contribution in [0.2, 0.25) is 0 Å². The molecule has 1 N–H and O–H groups in total. The zero-order valence-corrected chi connectivity index (χ0v) is 15.4. The van der Waals surface area contributed by atoms with E-state index in [2.05, 4.69) is 34.5 Å². The van der Waals surface area contributed by atoms with Crippen molar-refractivity contribution in [3.8, 4) is 0 Å². The molecule has 0 radical (unpaired) electrons. The number of piperidine rings is 1. The summed E-state index contributed by atoms with van der Waals surface area (Å²) in [7, 11) is 0. The van der Waals surface area contributed by atoms with Gasteiger partial charge in [-0.15, -0.1) is 0 Å². The summed E-state index contributed by atoms with van der Waals surface area (Å²) >= 11 is 0. The van der Waals surface area contributed by atoms with E-state index in [1.54, 1.807) is 0 Å². The van der Waals surface area contributed by atoms with Gasteiger partial charge in [0, 0.05) is 24.0 Å². The van der Waals surface area contributed by atoms with Crippen molar-refractivity contribution in [2.45, 2.75) is 37.3 Å². The Morgan fingerprint density at radius 2 is 1.78 bits per heavy atom. The molecule has 0 bridgehead atoms. The first-order chi connectivity index (χ1) is 13.2. The highest BCUT2D eigenvalue weighted by Crippen LogP contribution is 2.39. The van der Waals surface area contributed by atoms with Gasteiger partial charge in [0.2, 0.25) is 5.91 Å². The zero-order chi connectivity index (χ0) is 18.3. The summed E-state index contributed by atoms with van der Waals surface area (Å²) in [5.74, 6) is 1.20. The van der Waals surface area contributed by atoms with Crippen LogP contribution >= 0.6 is 0 Å². The number of benzene rings is 2. The van der Waals surface area contributed by atoms with Gasteiger partial charge in [-0.2, -0.15) is 0 Å². The lowest BCUT2D eigenvalue weighted by Crippen LogP contribution is -2.50. The van der Waals surface area contributed by atoms with Crippen LogP contribution in [-0.4, -0.2) is 29.4 Å². The molecule has 3 heterocycles. The monoisotopic (exact) mass is 360 g/mol. The van der Waals surface area contributed by atoms with Crippen LogP contribution in [0.3, 0.4) is 0 Å². The van der Waals surface area contributed by atoms with Crippen molar-refractivity contribution in [1.29, 1.82) is 0 Å². The second-order valence-corrected chi connectivity index (χ2v) is 7.96. The Labute approximate surface area is 159 Å². The molecule has 5 rings (SSSR count). The molecule has 1 atom stereocenters. The normalized spacial score (nSPS) is 22.4. The van der Waals surface area contributed by atoms with Crippen LogP contribution < -0.4 is 5.32 Å². The number of hydrogen-bond donors (Lipinski definition) is 1. The van der Waals surface area contributed by atoms with Crippen molar-refractivity contribution >= 4 is 16.9 Å². The third-order valence-corrected chi connectivity index (χ3v) is 6.17. The van der Waals surface area contributed by atoms with Crippen LogP contribution in [0.4, 0.5) is 0 Å². The van der Waals surface area contributed by atoms with Crippen molar-refractivity contribution in [2.24, 2.45) is 0 Å². The van der Waals surface area contributed by atoms with Crippen molar-refractivity contribution in [1.82, 2.24) is 10.2 Å². The number of likely N-dealkylation sites (tertiary alicyclic amines) is 1. The number of nitrogens with one attached hydrogen (secondary N) is 1. The number of nitrogens with zero attached hydrogens (tertiary/aromatic N) is 1. The highest BCUT2D eigenvalue weighted by Gasteiger charge is 2.46. The Balaban J connectivity index is 1.24. The van der Waals surface area contributed by atoms with E-state index in [1.165, 1.54) is 0 Å². The molecule has 2 saturated heterocycles. The van der Waals surface area contributed by atoms with E-state index >= 15 is 0 Å². The molecular weight excluding hydrogens is 336 g/mol. The minimum absolute atomic E-state index is 0.00637. The molecule has 4 heteroatoms. The number of rotatable bonds is 3. The van der Waals surface area contributed by atoms with E-state index in [1.807, 2.05) is 36.4 Å². The van der Waals surface area contributed by atoms with E-state index in [4.69, 9.17) is 4.42 Å². The average molecular weight is 360 g/mol. The highest BCUT2D eigenvalue weighted by molar-refractivity contribution is 5.87. The molecule has 1 aromatic heterocycles. The quantitative estimate of drug-likeness (QED) is 0.766. The predicted octanol–water partition coefficient (Wildman–Crippen LogP) is 4.07. The van der Waals surface area contributed by atoms with Gasteiger partial charge in [-0.05, 0) is 37.0 Å². The molecule has 3 aromatic rings. The Morgan fingerprint density at radius 1 is 1.04 bits per heavy atom. The van der Waals surface area contributed by atoms with Crippen molar-refractivity contribution < 1.29 is 9.21 Å². The van der Waals surface area contributed by atoms with Gasteiger partial charge in [0.05, 0.1) is 12.5 Å². The maximum Gasteiger partial charge on any atom is 0.228 e. The molecule has 2 aliphatic heterocycles. The molecule has 0 saturated carbocycles. The average Bonchev–Trinajstić information content (AvgIpc) is 3.25. The standard InChI is InChI=1S/C23H24N2O2/c26-22-20(17-6-2-1-3-7-17)15-23(24-22)10-12-25(13-11-23)16-19-14-18-8-4-5-9-21(18)27-19/h1-9,14,20H,10-13,15-16H2,(H,24,26). The molecule has 138 valence electrons. The van der Waals surface area contributed by atoms with Crippen LogP contribution in [0, 0.1) is 0 Å². The molecular formula is C23H24N2O2. The number of amides is 1. The van der Waals surface area contributed by atoms with Crippen molar-refractivity contribution in [2.75, 3.05) is 13.1 Å². The number of carbonyl (C=O) groups is 1. The second kappa shape index (κ2) is 6.54. The van der Waals surface area contributed by atoms with Gasteiger partial charge in [-0.1, -0.05) is 48.5 Å². The number of furan rings is 1. The van der Waals surface area contributed by atoms with Gasteiger partial charge in [0.25, 0.3) is 0 Å². The fourth-order valence-electron chi connectivity index (χ4n) is 4.64. The Morgan fingerprint density at radius 3 is 2.56 bits per heavy atom. The minimum atomic E-state index is -0.0397. The summed E-state index contributed by atoms with van der Waals surface area (Å²) in [6, 6.07) is 20.5. The number of hydrogen-bond acceptors (Lipinski definition) is 3. The largest absolute Gasteiger partial charge is 0.460 e. The first-order valence-electron chi connectivity index (χ1n) is 9.78. The molecule has 27 heavy (non-hydrogen) atoms. The van der Waals surface area contributed by atoms with E-state index in [0.29, 0.717) is 0 Å². The van der Waals surface area contributed by atoms with Crippen molar-refractivity contribution in [3.05, 3.63) is 72.0 Å². The molecule has 1 amide bonds. The highest BCUT2D eigenvalue weighted by atomic mass is 16.3. The number of fused-ring (bicyclic) bond motifs is 1. The molecule has 0 aliphatic carbocycles. The van der Waals surface area contributed by atoms with Gasteiger partial charge in [0.15, 0.2) is 0 Å². The molecule has 2 aliphatic rings.